The lowest BCUT2D eigenvalue weighted by Gasteiger charge is -2.28. The topological polar surface area (TPSA) is 52.6 Å². The molecular weight excluding hydrogens is 232 g/mol. The average molecular weight is 256 g/mol. The molecule has 0 aromatic heterocycles. The van der Waals surface area contributed by atoms with Crippen LogP contribution >= 0.6 is 0 Å². The molecule has 1 saturated carbocycles. The Labute approximate surface area is 109 Å². The van der Waals surface area contributed by atoms with Crippen molar-refractivity contribution in [3.05, 3.63) is 0 Å². The van der Waals surface area contributed by atoms with Crippen molar-refractivity contribution in [2.75, 3.05) is 7.11 Å². The Morgan fingerprint density at radius 1 is 1.22 bits per heavy atom. The zero-order chi connectivity index (χ0) is 13.8. The molecule has 104 valence electrons. The van der Waals surface area contributed by atoms with E-state index in [2.05, 4.69) is 0 Å². The van der Waals surface area contributed by atoms with Gasteiger partial charge in [-0.05, 0) is 46.0 Å². The van der Waals surface area contributed by atoms with Crippen LogP contribution in [0.3, 0.4) is 0 Å². The minimum atomic E-state index is -0.437. The Hall–Kier alpha value is -1.06. The first-order valence-electron chi connectivity index (χ1n) is 6.61. The Balaban J connectivity index is 2.43. The molecule has 0 aliphatic heterocycles. The molecule has 0 aromatic carbocycles. The molecule has 2 unspecified atom stereocenters. The second-order valence-corrected chi connectivity index (χ2v) is 6.04. The minimum absolute atomic E-state index is 0.0452. The summed E-state index contributed by atoms with van der Waals surface area (Å²) in [7, 11) is 1.42. The molecule has 0 spiro atoms. The maximum atomic E-state index is 11.7. The van der Waals surface area contributed by atoms with Crippen LogP contribution < -0.4 is 0 Å². The molecule has 4 nitrogen and oxygen atoms in total. The van der Waals surface area contributed by atoms with Gasteiger partial charge in [0.1, 0.15) is 5.60 Å². The predicted octanol–water partition coefficient (Wildman–Crippen LogP) is 2.70. The van der Waals surface area contributed by atoms with Gasteiger partial charge in [0, 0.05) is 6.42 Å². The van der Waals surface area contributed by atoms with E-state index in [4.69, 9.17) is 9.47 Å². The maximum Gasteiger partial charge on any atom is 0.308 e. The third kappa shape index (κ3) is 5.07. The van der Waals surface area contributed by atoms with Gasteiger partial charge in [-0.15, -0.1) is 0 Å². The van der Waals surface area contributed by atoms with Crippen molar-refractivity contribution in [1.29, 1.82) is 0 Å². The van der Waals surface area contributed by atoms with E-state index in [0.29, 0.717) is 6.42 Å². The quantitative estimate of drug-likeness (QED) is 0.728. The Kier molecular flexibility index (Phi) is 5.17. The normalized spacial score (nSPS) is 24.4. The number of methoxy groups -OCH3 is 1. The van der Waals surface area contributed by atoms with E-state index in [1.807, 2.05) is 20.8 Å². The van der Waals surface area contributed by atoms with Gasteiger partial charge in [-0.3, -0.25) is 9.59 Å². The fourth-order valence-corrected chi connectivity index (χ4v) is 2.48. The van der Waals surface area contributed by atoms with Gasteiger partial charge < -0.3 is 9.47 Å². The fraction of sp³-hybridized carbons (Fsp3) is 0.857. The number of hydrogen-bond donors (Lipinski definition) is 0. The summed E-state index contributed by atoms with van der Waals surface area (Å²) in [6.45, 7) is 5.59. The van der Waals surface area contributed by atoms with E-state index in [1.165, 1.54) is 7.11 Å². The zero-order valence-corrected chi connectivity index (χ0v) is 11.8. The molecule has 4 heteroatoms. The molecule has 0 aromatic rings. The maximum absolute atomic E-state index is 11.7. The largest absolute Gasteiger partial charge is 0.469 e. The number of rotatable bonds is 3. The molecule has 1 fully saturated rings. The van der Waals surface area contributed by atoms with Crippen molar-refractivity contribution >= 4 is 11.9 Å². The van der Waals surface area contributed by atoms with Gasteiger partial charge in [-0.25, -0.2) is 0 Å². The third-order valence-electron chi connectivity index (χ3n) is 3.19. The number of hydrogen-bond acceptors (Lipinski definition) is 4. The molecule has 0 amide bonds. The van der Waals surface area contributed by atoms with E-state index in [-0.39, 0.29) is 23.8 Å². The van der Waals surface area contributed by atoms with E-state index in [9.17, 15) is 9.59 Å². The van der Waals surface area contributed by atoms with Gasteiger partial charge >= 0.3 is 11.9 Å². The predicted molar refractivity (Wildman–Crippen MR) is 67.9 cm³/mol. The highest BCUT2D eigenvalue weighted by atomic mass is 16.6. The highest BCUT2D eigenvalue weighted by Crippen LogP contribution is 2.32. The van der Waals surface area contributed by atoms with E-state index < -0.39 is 5.60 Å². The summed E-state index contributed by atoms with van der Waals surface area (Å²) in [6, 6.07) is 0. The number of carbonyl (C=O) groups excluding carboxylic acids is 2. The lowest BCUT2D eigenvalue weighted by atomic mass is 9.80. The van der Waals surface area contributed by atoms with Crippen LogP contribution in [0.15, 0.2) is 0 Å². The summed E-state index contributed by atoms with van der Waals surface area (Å²) in [5.74, 6) is -0.115. The van der Waals surface area contributed by atoms with Gasteiger partial charge in [0.05, 0.1) is 13.0 Å². The second-order valence-electron chi connectivity index (χ2n) is 6.04. The lowest BCUT2D eigenvalue weighted by Crippen LogP contribution is -2.28. The molecule has 0 heterocycles. The molecule has 1 rings (SSSR count). The average Bonchev–Trinajstić information content (AvgIpc) is 2.25. The monoisotopic (exact) mass is 256 g/mol. The summed E-state index contributed by atoms with van der Waals surface area (Å²) in [4.78, 5) is 23.2. The SMILES string of the molecule is COC(=O)C1CCCC(CC(=O)OC(C)(C)C)C1. The Morgan fingerprint density at radius 3 is 2.44 bits per heavy atom. The highest BCUT2D eigenvalue weighted by Gasteiger charge is 2.30. The van der Waals surface area contributed by atoms with Crippen molar-refractivity contribution < 1.29 is 19.1 Å². The lowest BCUT2D eigenvalue weighted by molar-refractivity contribution is -0.157. The van der Waals surface area contributed by atoms with Crippen LogP contribution in [0.25, 0.3) is 0 Å². The molecule has 0 radical (unpaired) electrons. The van der Waals surface area contributed by atoms with E-state index in [1.54, 1.807) is 0 Å². The van der Waals surface area contributed by atoms with E-state index in [0.717, 1.165) is 25.7 Å². The first kappa shape index (κ1) is 15.0. The molecule has 1 aliphatic rings. The first-order valence-corrected chi connectivity index (χ1v) is 6.61. The number of carbonyl (C=O) groups is 2. The molecule has 18 heavy (non-hydrogen) atoms. The van der Waals surface area contributed by atoms with Crippen LogP contribution in [-0.2, 0) is 19.1 Å². The van der Waals surface area contributed by atoms with Crippen LogP contribution in [0.5, 0.6) is 0 Å². The van der Waals surface area contributed by atoms with Gasteiger partial charge in [-0.2, -0.15) is 0 Å². The molecule has 2 atom stereocenters. The van der Waals surface area contributed by atoms with Gasteiger partial charge in [0.2, 0.25) is 0 Å². The summed E-state index contributed by atoms with van der Waals surface area (Å²) in [6.07, 6.45) is 3.99. The van der Waals surface area contributed by atoms with Crippen molar-refractivity contribution in [3.8, 4) is 0 Å². The van der Waals surface area contributed by atoms with E-state index >= 15 is 0 Å². The summed E-state index contributed by atoms with van der Waals surface area (Å²) < 4.78 is 10.1. The molecule has 0 bridgehead atoms. The summed E-state index contributed by atoms with van der Waals surface area (Å²) in [5, 5.41) is 0. The van der Waals surface area contributed by atoms with Crippen LogP contribution in [0.2, 0.25) is 0 Å². The van der Waals surface area contributed by atoms with Crippen LogP contribution in [0.4, 0.5) is 0 Å². The molecule has 1 aliphatic carbocycles. The van der Waals surface area contributed by atoms with Gasteiger partial charge in [0.15, 0.2) is 0 Å². The van der Waals surface area contributed by atoms with Gasteiger partial charge in [0.25, 0.3) is 0 Å². The van der Waals surface area contributed by atoms with Crippen molar-refractivity contribution in [1.82, 2.24) is 0 Å². The Morgan fingerprint density at radius 2 is 1.89 bits per heavy atom. The van der Waals surface area contributed by atoms with Crippen LogP contribution in [-0.4, -0.2) is 24.6 Å². The smallest absolute Gasteiger partial charge is 0.308 e. The molecule has 0 N–H and O–H groups in total. The fourth-order valence-electron chi connectivity index (χ4n) is 2.48. The minimum Gasteiger partial charge on any atom is -0.469 e. The Bertz CT molecular complexity index is 303. The summed E-state index contributed by atoms with van der Waals surface area (Å²) in [5.41, 5.74) is -0.437. The van der Waals surface area contributed by atoms with Crippen molar-refractivity contribution in [2.24, 2.45) is 11.8 Å². The van der Waals surface area contributed by atoms with Gasteiger partial charge in [-0.1, -0.05) is 6.42 Å². The van der Waals surface area contributed by atoms with Crippen molar-refractivity contribution in [2.45, 2.75) is 58.5 Å². The van der Waals surface area contributed by atoms with Crippen molar-refractivity contribution in [3.63, 3.8) is 0 Å². The summed E-state index contributed by atoms with van der Waals surface area (Å²) >= 11 is 0. The molecule has 0 saturated heterocycles. The number of ether oxygens (including phenoxy) is 2. The first-order chi connectivity index (χ1) is 8.31. The third-order valence-corrected chi connectivity index (χ3v) is 3.19. The molecular formula is C14H24O4. The zero-order valence-electron chi connectivity index (χ0n) is 11.8. The van der Waals surface area contributed by atoms with Crippen LogP contribution in [0.1, 0.15) is 52.9 Å². The standard InChI is InChI=1S/C14H24O4/c1-14(2,3)18-12(15)9-10-6-5-7-11(8-10)13(16)17-4/h10-11H,5-9H2,1-4H3. The second kappa shape index (κ2) is 6.21. The number of esters is 2. The highest BCUT2D eigenvalue weighted by molar-refractivity contribution is 5.73. The van der Waals surface area contributed by atoms with Crippen LogP contribution in [0, 0.1) is 11.8 Å².